The van der Waals surface area contributed by atoms with Crippen LogP contribution in [0.2, 0.25) is 5.02 Å². The van der Waals surface area contributed by atoms with Gasteiger partial charge in [-0.15, -0.1) is 0 Å². The Kier molecular flexibility index (Phi) is 5.08. The summed E-state index contributed by atoms with van der Waals surface area (Å²) in [6.07, 6.45) is 4.54. The molecule has 4 rings (SSSR count). The zero-order valence-electron chi connectivity index (χ0n) is 14.9. The van der Waals surface area contributed by atoms with Crippen LogP contribution in [0.1, 0.15) is 27.0 Å². The number of anilines is 1. The van der Waals surface area contributed by atoms with Crippen molar-refractivity contribution >= 4 is 29.1 Å². The first kappa shape index (κ1) is 17.6. The Morgan fingerprint density at radius 3 is 2.48 bits per heavy atom. The Hall–Kier alpha value is -2.84. The summed E-state index contributed by atoms with van der Waals surface area (Å²) in [7, 11) is 0. The van der Waals surface area contributed by atoms with Crippen molar-refractivity contribution in [3.05, 3.63) is 106 Å². The predicted octanol–water partition coefficient (Wildman–Crippen LogP) is 5.80. The van der Waals surface area contributed by atoms with Gasteiger partial charge >= 0.3 is 0 Å². The van der Waals surface area contributed by atoms with Gasteiger partial charge in [0.05, 0.1) is 0 Å². The van der Waals surface area contributed by atoms with Crippen molar-refractivity contribution in [3.8, 4) is 0 Å². The Labute approximate surface area is 164 Å². The maximum Gasteiger partial charge on any atom is 0.185 e. The molecule has 3 aromatic carbocycles. The van der Waals surface area contributed by atoms with E-state index in [4.69, 9.17) is 11.6 Å². The summed E-state index contributed by atoms with van der Waals surface area (Å²) in [6.45, 7) is 1.79. The van der Waals surface area contributed by atoms with E-state index in [-0.39, 0.29) is 5.78 Å². The number of halogens is 1. The summed E-state index contributed by atoms with van der Waals surface area (Å²) in [5, 5.41) is 0.704. The molecule has 0 aromatic heterocycles. The molecule has 0 bridgehead atoms. The van der Waals surface area contributed by atoms with Crippen molar-refractivity contribution in [3.63, 3.8) is 0 Å². The lowest BCUT2D eigenvalue weighted by atomic mass is 9.98. The third-order valence-electron chi connectivity index (χ3n) is 4.94. The van der Waals surface area contributed by atoms with E-state index in [9.17, 15) is 4.79 Å². The van der Waals surface area contributed by atoms with E-state index in [0.717, 1.165) is 30.8 Å². The molecule has 1 heterocycles. The quantitative estimate of drug-likeness (QED) is 0.425. The molecule has 3 aromatic rings. The predicted molar refractivity (Wildman–Crippen MR) is 112 cm³/mol. The van der Waals surface area contributed by atoms with Crippen LogP contribution in [0.25, 0.3) is 6.08 Å². The average molecular weight is 374 g/mol. The van der Waals surface area contributed by atoms with E-state index in [0.29, 0.717) is 10.6 Å². The van der Waals surface area contributed by atoms with E-state index < -0.39 is 0 Å². The monoisotopic (exact) mass is 373 g/mol. The highest BCUT2D eigenvalue weighted by molar-refractivity contribution is 6.31. The van der Waals surface area contributed by atoms with Gasteiger partial charge in [0, 0.05) is 29.4 Å². The van der Waals surface area contributed by atoms with Crippen molar-refractivity contribution in [2.45, 2.75) is 13.0 Å². The molecule has 0 saturated carbocycles. The normalized spacial score (nSPS) is 13.6. The van der Waals surface area contributed by atoms with Crippen LogP contribution >= 0.6 is 11.6 Å². The van der Waals surface area contributed by atoms with Crippen LogP contribution in [-0.2, 0) is 13.0 Å². The molecule has 1 aliphatic rings. The fraction of sp³-hybridized carbons (Fsp3) is 0.125. The van der Waals surface area contributed by atoms with Gasteiger partial charge in [-0.05, 0) is 47.4 Å². The Morgan fingerprint density at radius 2 is 1.67 bits per heavy atom. The molecule has 0 fully saturated rings. The Balaban J connectivity index is 1.62. The average Bonchev–Trinajstić information content (AvgIpc) is 2.73. The number of ketones is 1. The van der Waals surface area contributed by atoms with Crippen LogP contribution in [0.3, 0.4) is 0 Å². The third kappa shape index (κ3) is 3.96. The van der Waals surface area contributed by atoms with E-state index >= 15 is 0 Å². The van der Waals surface area contributed by atoms with E-state index in [1.165, 1.54) is 11.1 Å². The van der Waals surface area contributed by atoms with Crippen LogP contribution in [0.5, 0.6) is 0 Å². The topological polar surface area (TPSA) is 20.3 Å². The molecule has 27 heavy (non-hydrogen) atoms. The standard InChI is InChI=1S/C24H20ClNO/c25-22-12-10-19(11-13-24(27)20-7-2-1-3-8-20)23(16-22)26-15-14-18-6-4-5-9-21(18)17-26/h1-13,16H,14-15,17H2/b13-11+. The van der Waals surface area contributed by atoms with Gasteiger partial charge < -0.3 is 4.90 Å². The highest BCUT2D eigenvalue weighted by Gasteiger charge is 2.18. The molecule has 0 unspecified atom stereocenters. The lowest BCUT2D eigenvalue weighted by molar-refractivity contribution is 0.104. The largest absolute Gasteiger partial charge is 0.366 e. The SMILES string of the molecule is O=C(/C=C/c1ccc(Cl)cc1N1CCc2ccccc2C1)c1ccccc1. The van der Waals surface area contributed by atoms with Gasteiger partial charge in [-0.1, -0.05) is 72.3 Å². The van der Waals surface area contributed by atoms with Gasteiger partial charge in [-0.3, -0.25) is 4.79 Å². The maximum atomic E-state index is 12.4. The van der Waals surface area contributed by atoms with Crippen molar-refractivity contribution in [2.75, 3.05) is 11.4 Å². The number of hydrogen-bond donors (Lipinski definition) is 0. The molecule has 0 spiro atoms. The van der Waals surface area contributed by atoms with Crippen LogP contribution in [0, 0.1) is 0 Å². The first-order valence-corrected chi connectivity index (χ1v) is 9.47. The van der Waals surface area contributed by atoms with Crippen molar-refractivity contribution in [1.29, 1.82) is 0 Å². The van der Waals surface area contributed by atoms with E-state index in [1.54, 1.807) is 6.08 Å². The maximum absolute atomic E-state index is 12.4. The highest BCUT2D eigenvalue weighted by atomic mass is 35.5. The third-order valence-corrected chi connectivity index (χ3v) is 5.17. The van der Waals surface area contributed by atoms with Crippen LogP contribution < -0.4 is 4.90 Å². The van der Waals surface area contributed by atoms with Gasteiger partial charge in [0.2, 0.25) is 0 Å². The lowest BCUT2D eigenvalue weighted by Crippen LogP contribution is -2.30. The highest BCUT2D eigenvalue weighted by Crippen LogP contribution is 2.30. The molecule has 0 saturated heterocycles. The number of nitrogens with zero attached hydrogens (tertiary/aromatic N) is 1. The van der Waals surface area contributed by atoms with E-state index in [2.05, 4.69) is 29.2 Å². The summed E-state index contributed by atoms with van der Waals surface area (Å²) in [5.74, 6) is 0.000454. The summed E-state index contributed by atoms with van der Waals surface area (Å²) in [6, 6.07) is 23.7. The first-order chi connectivity index (χ1) is 13.2. The van der Waals surface area contributed by atoms with Gasteiger partial charge in [0.15, 0.2) is 5.78 Å². The molecule has 0 radical (unpaired) electrons. The second-order valence-electron chi connectivity index (χ2n) is 6.71. The number of benzene rings is 3. The number of hydrogen-bond acceptors (Lipinski definition) is 2. The number of carbonyl (C=O) groups is 1. The number of allylic oxidation sites excluding steroid dienone is 1. The zero-order chi connectivity index (χ0) is 18.6. The minimum absolute atomic E-state index is 0.000454. The van der Waals surface area contributed by atoms with Crippen molar-refractivity contribution in [2.24, 2.45) is 0 Å². The van der Waals surface area contributed by atoms with Crippen LogP contribution in [0.15, 0.2) is 78.9 Å². The molecular formula is C24H20ClNO. The molecule has 0 atom stereocenters. The molecule has 0 aliphatic carbocycles. The van der Waals surface area contributed by atoms with Crippen molar-refractivity contribution in [1.82, 2.24) is 0 Å². The number of rotatable bonds is 4. The smallest absolute Gasteiger partial charge is 0.185 e. The number of fused-ring (bicyclic) bond motifs is 1. The van der Waals surface area contributed by atoms with Gasteiger partial charge in [0.25, 0.3) is 0 Å². The molecule has 134 valence electrons. The Bertz CT molecular complexity index is 994. The lowest BCUT2D eigenvalue weighted by Gasteiger charge is -2.32. The fourth-order valence-corrected chi connectivity index (χ4v) is 3.66. The van der Waals surface area contributed by atoms with Crippen LogP contribution in [0.4, 0.5) is 5.69 Å². The summed E-state index contributed by atoms with van der Waals surface area (Å²) < 4.78 is 0. The number of carbonyl (C=O) groups excluding carboxylic acids is 1. The second-order valence-corrected chi connectivity index (χ2v) is 7.14. The minimum Gasteiger partial charge on any atom is -0.366 e. The zero-order valence-corrected chi connectivity index (χ0v) is 15.7. The van der Waals surface area contributed by atoms with Crippen molar-refractivity contribution < 1.29 is 4.79 Å². The molecule has 0 N–H and O–H groups in total. The summed E-state index contributed by atoms with van der Waals surface area (Å²) in [4.78, 5) is 14.7. The fourth-order valence-electron chi connectivity index (χ4n) is 3.50. The van der Waals surface area contributed by atoms with Gasteiger partial charge in [-0.25, -0.2) is 0 Å². The molecule has 2 nitrogen and oxygen atoms in total. The summed E-state index contributed by atoms with van der Waals surface area (Å²) in [5.41, 5.74) is 5.51. The van der Waals surface area contributed by atoms with Gasteiger partial charge in [-0.2, -0.15) is 0 Å². The molecule has 3 heteroatoms. The Morgan fingerprint density at radius 1 is 0.926 bits per heavy atom. The molecular weight excluding hydrogens is 354 g/mol. The second kappa shape index (κ2) is 7.81. The summed E-state index contributed by atoms with van der Waals surface area (Å²) >= 11 is 6.28. The first-order valence-electron chi connectivity index (χ1n) is 9.09. The minimum atomic E-state index is 0.000454. The molecule has 1 aliphatic heterocycles. The van der Waals surface area contributed by atoms with Crippen LogP contribution in [-0.4, -0.2) is 12.3 Å². The van der Waals surface area contributed by atoms with Gasteiger partial charge in [0.1, 0.15) is 0 Å². The van der Waals surface area contributed by atoms with E-state index in [1.807, 2.05) is 54.6 Å². The molecule has 0 amide bonds.